The maximum atomic E-state index is 12.0. The van der Waals surface area contributed by atoms with Crippen LogP contribution >= 0.6 is 11.6 Å². The molecule has 104 valence electrons. The Morgan fingerprint density at radius 3 is 2.47 bits per heavy atom. The Kier molecular flexibility index (Phi) is 6.93. The highest BCUT2D eigenvalue weighted by molar-refractivity contribution is 7.89. The van der Waals surface area contributed by atoms with E-state index >= 15 is 0 Å². The number of rotatable bonds is 8. The summed E-state index contributed by atoms with van der Waals surface area (Å²) in [5, 5.41) is 0. The summed E-state index contributed by atoms with van der Waals surface area (Å²) in [6, 6.07) is 6.78. The first-order valence-corrected chi connectivity index (χ1v) is 8.20. The summed E-state index contributed by atoms with van der Waals surface area (Å²) in [5.41, 5.74) is 1.03. The maximum Gasteiger partial charge on any atom is 0.240 e. The topological polar surface area (TPSA) is 46.2 Å². The Labute approximate surface area is 120 Å². The van der Waals surface area contributed by atoms with Crippen LogP contribution in [0.25, 0.3) is 0 Å². The summed E-state index contributed by atoms with van der Waals surface area (Å²) < 4.78 is 26.5. The molecule has 0 aliphatic carbocycles. The van der Waals surface area contributed by atoms with E-state index in [0.717, 1.165) is 24.8 Å². The fourth-order valence-corrected chi connectivity index (χ4v) is 2.88. The standard InChI is InChI=1S/C14H18ClNO2S/c1-2-3-4-5-12-16-19(17,18)14-8-6-13(7-9-14)10-11-15/h1,6-9,16H,3-5,10-12H2. The highest BCUT2D eigenvalue weighted by Crippen LogP contribution is 2.11. The molecule has 0 unspecified atom stereocenters. The van der Waals surface area contributed by atoms with Crippen molar-refractivity contribution in [3.63, 3.8) is 0 Å². The average Bonchev–Trinajstić information content (AvgIpc) is 2.39. The molecule has 0 spiro atoms. The van der Waals surface area contributed by atoms with E-state index in [1.54, 1.807) is 24.3 Å². The van der Waals surface area contributed by atoms with Gasteiger partial charge >= 0.3 is 0 Å². The fourth-order valence-electron chi connectivity index (χ4n) is 1.59. The zero-order valence-corrected chi connectivity index (χ0v) is 12.3. The third kappa shape index (κ3) is 5.65. The summed E-state index contributed by atoms with van der Waals surface area (Å²) >= 11 is 5.63. The molecule has 19 heavy (non-hydrogen) atoms. The monoisotopic (exact) mass is 299 g/mol. The smallest absolute Gasteiger partial charge is 0.211 e. The van der Waals surface area contributed by atoms with Crippen LogP contribution in [0.1, 0.15) is 24.8 Å². The van der Waals surface area contributed by atoms with Crippen molar-refractivity contribution in [1.29, 1.82) is 0 Å². The number of hydrogen-bond acceptors (Lipinski definition) is 2. The van der Waals surface area contributed by atoms with Gasteiger partial charge < -0.3 is 0 Å². The third-order valence-corrected chi connectivity index (χ3v) is 4.32. The number of hydrogen-bond donors (Lipinski definition) is 1. The van der Waals surface area contributed by atoms with Crippen LogP contribution in [0.4, 0.5) is 0 Å². The zero-order valence-electron chi connectivity index (χ0n) is 10.7. The molecule has 0 aromatic heterocycles. The summed E-state index contributed by atoms with van der Waals surface area (Å²) in [5.74, 6) is 3.05. The highest BCUT2D eigenvalue weighted by Gasteiger charge is 2.12. The summed E-state index contributed by atoms with van der Waals surface area (Å²) in [6.45, 7) is 0.410. The first-order chi connectivity index (χ1) is 9.10. The molecule has 0 amide bonds. The van der Waals surface area contributed by atoms with E-state index in [9.17, 15) is 8.42 Å². The number of unbranched alkanes of at least 4 members (excludes halogenated alkanes) is 2. The van der Waals surface area contributed by atoms with Crippen LogP contribution < -0.4 is 4.72 Å². The molecule has 1 rings (SSSR count). The van der Waals surface area contributed by atoms with Crippen LogP contribution in [0.2, 0.25) is 0 Å². The van der Waals surface area contributed by atoms with E-state index in [1.165, 1.54) is 0 Å². The van der Waals surface area contributed by atoms with Crippen LogP contribution in [0, 0.1) is 12.3 Å². The first-order valence-electron chi connectivity index (χ1n) is 6.18. The van der Waals surface area contributed by atoms with Crippen molar-refractivity contribution < 1.29 is 8.42 Å². The molecule has 1 aromatic rings. The molecular formula is C14H18ClNO2S. The second-order valence-corrected chi connectivity index (χ2v) is 6.29. The Balaban J connectivity index is 2.54. The van der Waals surface area contributed by atoms with Crippen molar-refractivity contribution in [2.75, 3.05) is 12.4 Å². The van der Waals surface area contributed by atoms with Crippen molar-refractivity contribution in [3.05, 3.63) is 29.8 Å². The number of alkyl halides is 1. The Morgan fingerprint density at radius 2 is 1.89 bits per heavy atom. The minimum atomic E-state index is -3.41. The van der Waals surface area contributed by atoms with Gasteiger partial charge in [-0.15, -0.1) is 23.9 Å². The number of terminal acetylenes is 1. The van der Waals surface area contributed by atoms with Gasteiger partial charge in [-0.2, -0.15) is 0 Å². The molecule has 0 saturated carbocycles. The second-order valence-electron chi connectivity index (χ2n) is 4.14. The summed E-state index contributed by atoms with van der Waals surface area (Å²) in [7, 11) is -3.41. The lowest BCUT2D eigenvalue weighted by molar-refractivity contribution is 0.577. The van der Waals surface area contributed by atoms with E-state index in [0.29, 0.717) is 18.8 Å². The molecule has 1 aromatic carbocycles. The molecule has 0 heterocycles. The van der Waals surface area contributed by atoms with Crippen LogP contribution in [0.3, 0.4) is 0 Å². The van der Waals surface area contributed by atoms with E-state index < -0.39 is 10.0 Å². The molecule has 5 heteroatoms. The van der Waals surface area contributed by atoms with Crippen molar-refractivity contribution in [3.8, 4) is 12.3 Å². The molecule has 1 N–H and O–H groups in total. The van der Waals surface area contributed by atoms with Gasteiger partial charge in [-0.05, 0) is 37.0 Å². The molecule has 0 radical (unpaired) electrons. The first kappa shape index (κ1) is 16.0. The van der Waals surface area contributed by atoms with Crippen molar-refractivity contribution >= 4 is 21.6 Å². The lowest BCUT2D eigenvalue weighted by Crippen LogP contribution is -2.24. The van der Waals surface area contributed by atoms with E-state index in [2.05, 4.69) is 10.6 Å². The molecule has 0 fully saturated rings. The van der Waals surface area contributed by atoms with Gasteiger partial charge in [0.25, 0.3) is 0 Å². The number of benzene rings is 1. The van der Waals surface area contributed by atoms with Gasteiger partial charge in [-0.1, -0.05) is 12.1 Å². The predicted molar refractivity (Wildman–Crippen MR) is 78.7 cm³/mol. The number of halogens is 1. The minimum Gasteiger partial charge on any atom is -0.211 e. The van der Waals surface area contributed by atoms with Crippen molar-refractivity contribution in [1.82, 2.24) is 4.72 Å². The van der Waals surface area contributed by atoms with Gasteiger partial charge in [0.15, 0.2) is 0 Å². The molecule has 0 aliphatic rings. The lowest BCUT2D eigenvalue weighted by atomic mass is 10.2. The highest BCUT2D eigenvalue weighted by atomic mass is 35.5. The van der Waals surface area contributed by atoms with Gasteiger partial charge in [0.05, 0.1) is 4.90 Å². The number of sulfonamides is 1. The summed E-state index contributed by atoms with van der Waals surface area (Å²) in [6.07, 6.45) is 8.11. The van der Waals surface area contributed by atoms with E-state index in [1.807, 2.05) is 0 Å². The third-order valence-electron chi connectivity index (χ3n) is 2.66. The zero-order chi connectivity index (χ0) is 14.1. The Bertz CT molecular complexity index is 517. The minimum absolute atomic E-state index is 0.280. The molecule has 3 nitrogen and oxygen atoms in total. The second kappa shape index (κ2) is 8.21. The van der Waals surface area contributed by atoms with Crippen molar-refractivity contribution in [2.45, 2.75) is 30.6 Å². The maximum absolute atomic E-state index is 12.0. The number of nitrogens with one attached hydrogen (secondary N) is 1. The molecular weight excluding hydrogens is 282 g/mol. The van der Waals surface area contributed by atoms with Gasteiger partial charge in [-0.25, -0.2) is 13.1 Å². The average molecular weight is 300 g/mol. The Morgan fingerprint density at radius 1 is 1.21 bits per heavy atom. The summed E-state index contributed by atoms with van der Waals surface area (Å²) in [4.78, 5) is 0.280. The lowest BCUT2D eigenvalue weighted by Gasteiger charge is -2.07. The largest absolute Gasteiger partial charge is 0.240 e. The number of aryl methyl sites for hydroxylation is 1. The van der Waals surface area contributed by atoms with Gasteiger partial charge in [0.2, 0.25) is 10.0 Å². The van der Waals surface area contributed by atoms with Crippen LogP contribution in [-0.4, -0.2) is 20.8 Å². The quantitative estimate of drug-likeness (QED) is 0.455. The molecule has 0 bridgehead atoms. The molecule has 0 aliphatic heterocycles. The van der Waals surface area contributed by atoms with E-state index in [-0.39, 0.29) is 4.90 Å². The van der Waals surface area contributed by atoms with Crippen LogP contribution in [-0.2, 0) is 16.4 Å². The molecule has 0 atom stereocenters. The van der Waals surface area contributed by atoms with Gasteiger partial charge in [0.1, 0.15) is 0 Å². The Hall–Kier alpha value is -1.02. The van der Waals surface area contributed by atoms with Crippen LogP contribution in [0.5, 0.6) is 0 Å². The van der Waals surface area contributed by atoms with Crippen LogP contribution in [0.15, 0.2) is 29.2 Å². The van der Waals surface area contributed by atoms with Gasteiger partial charge in [-0.3, -0.25) is 0 Å². The fraction of sp³-hybridized carbons (Fsp3) is 0.429. The normalized spacial score (nSPS) is 11.2. The SMILES string of the molecule is C#CCCCCNS(=O)(=O)c1ccc(CCCl)cc1. The van der Waals surface area contributed by atoms with Crippen molar-refractivity contribution in [2.24, 2.45) is 0 Å². The molecule has 0 saturated heterocycles. The predicted octanol–water partition coefficient (Wildman–Crippen LogP) is 2.55. The van der Waals surface area contributed by atoms with E-state index in [4.69, 9.17) is 18.0 Å². The van der Waals surface area contributed by atoms with Gasteiger partial charge in [0, 0.05) is 18.8 Å².